The number of aromatic hydroxyl groups is 1. The molecule has 1 fully saturated rings. The van der Waals surface area contributed by atoms with Crippen molar-refractivity contribution < 1.29 is 5.11 Å². The Kier molecular flexibility index (Phi) is 3.81. The third-order valence-corrected chi connectivity index (χ3v) is 5.05. The van der Waals surface area contributed by atoms with Gasteiger partial charge >= 0.3 is 0 Å². The van der Waals surface area contributed by atoms with E-state index in [0.29, 0.717) is 17.2 Å². The smallest absolute Gasteiger partial charge is 0.118 e. The van der Waals surface area contributed by atoms with Crippen molar-refractivity contribution in [2.75, 3.05) is 16.8 Å². The SMILES string of the molecule is Cc1cc(NC2CSCCC2(C)C)c(C)cc1O. The van der Waals surface area contributed by atoms with E-state index in [4.69, 9.17) is 0 Å². The zero-order valence-electron chi connectivity index (χ0n) is 11.7. The van der Waals surface area contributed by atoms with Gasteiger partial charge in [0.25, 0.3) is 0 Å². The van der Waals surface area contributed by atoms with Crippen molar-refractivity contribution in [3.8, 4) is 5.75 Å². The van der Waals surface area contributed by atoms with Crippen molar-refractivity contribution in [3.63, 3.8) is 0 Å². The highest BCUT2D eigenvalue weighted by molar-refractivity contribution is 7.99. The van der Waals surface area contributed by atoms with Crippen LogP contribution in [0.25, 0.3) is 0 Å². The van der Waals surface area contributed by atoms with Crippen molar-refractivity contribution in [1.29, 1.82) is 0 Å². The summed E-state index contributed by atoms with van der Waals surface area (Å²) in [6, 6.07) is 4.40. The van der Waals surface area contributed by atoms with Crippen molar-refractivity contribution in [2.24, 2.45) is 5.41 Å². The normalized spacial score (nSPS) is 22.8. The molecule has 3 heteroatoms. The van der Waals surface area contributed by atoms with E-state index in [1.54, 1.807) is 0 Å². The number of hydrogen-bond donors (Lipinski definition) is 2. The highest BCUT2D eigenvalue weighted by atomic mass is 32.2. The van der Waals surface area contributed by atoms with Gasteiger partial charge in [0.2, 0.25) is 0 Å². The fraction of sp³-hybridized carbons (Fsp3) is 0.600. The number of thioether (sulfide) groups is 1. The minimum absolute atomic E-state index is 0.337. The van der Waals surface area contributed by atoms with Gasteiger partial charge in [0, 0.05) is 17.5 Å². The van der Waals surface area contributed by atoms with Crippen molar-refractivity contribution in [2.45, 2.75) is 40.2 Å². The Morgan fingerprint density at radius 2 is 2.00 bits per heavy atom. The predicted molar refractivity (Wildman–Crippen MR) is 80.7 cm³/mol. The van der Waals surface area contributed by atoms with Crippen LogP contribution in [0.15, 0.2) is 12.1 Å². The summed E-state index contributed by atoms with van der Waals surface area (Å²) in [5.41, 5.74) is 3.54. The largest absolute Gasteiger partial charge is 0.508 e. The Morgan fingerprint density at radius 1 is 1.28 bits per heavy atom. The maximum absolute atomic E-state index is 9.70. The van der Waals surface area contributed by atoms with Crippen LogP contribution in [0.3, 0.4) is 0 Å². The fourth-order valence-corrected chi connectivity index (χ4v) is 3.92. The highest BCUT2D eigenvalue weighted by Gasteiger charge is 2.32. The molecule has 100 valence electrons. The lowest BCUT2D eigenvalue weighted by molar-refractivity contribution is 0.305. The van der Waals surface area contributed by atoms with Gasteiger partial charge in [-0.2, -0.15) is 11.8 Å². The quantitative estimate of drug-likeness (QED) is 0.794. The Balaban J connectivity index is 2.20. The monoisotopic (exact) mass is 265 g/mol. The Labute approximate surface area is 114 Å². The van der Waals surface area contributed by atoms with Crippen molar-refractivity contribution in [3.05, 3.63) is 23.3 Å². The van der Waals surface area contributed by atoms with E-state index in [9.17, 15) is 5.11 Å². The molecule has 1 atom stereocenters. The third kappa shape index (κ3) is 2.77. The molecule has 1 heterocycles. The molecule has 0 bridgehead atoms. The molecule has 2 rings (SSSR count). The summed E-state index contributed by atoms with van der Waals surface area (Å²) in [5, 5.41) is 13.4. The summed E-state index contributed by atoms with van der Waals surface area (Å²) in [6.07, 6.45) is 1.26. The summed E-state index contributed by atoms with van der Waals surface area (Å²) >= 11 is 2.03. The van der Waals surface area contributed by atoms with Crippen LogP contribution in [0.2, 0.25) is 0 Å². The zero-order valence-corrected chi connectivity index (χ0v) is 12.5. The van der Waals surface area contributed by atoms with E-state index in [2.05, 4.69) is 25.2 Å². The minimum Gasteiger partial charge on any atom is -0.508 e. The van der Waals surface area contributed by atoms with Crippen molar-refractivity contribution >= 4 is 17.4 Å². The lowest BCUT2D eigenvalue weighted by Gasteiger charge is -2.39. The van der Waals surface area contributed by atoms with Crippen LogP contribution in [0.1, 0.15) is 31.4 Å². The predicted octanol–water partition coefficient (Wildman–Crippen LogP) is 3.95. The lowest BCUT2D eigenvalue weighted by Crippen LogP contribution is -2.41. The van der Waals surface area contributed by atoms with Crippen LogP contribution >= 0.6 is 11.8 Å². The first kappa shape index (κ1) is 13.6. The van der Waals surface area contributed by atoms with E-state index < -0.39 is 0 Å². The van der Waals surface area contributed by atoms with Gasteiger partial charge in [-0.3, -0.25) is 0 Å². The number of hydrogen-bond acceptors (Lipinski definition) is 3. The molecule has 1 unspecified atom stereocenters. The summed E-state index contributed by atoms with van der Waals surface area (Å²) in [6.45, 7) is 8.67. The number of nitrogens with one attached hydrogen (secondary N) is 1. The Hall–Kier alpha value is -0.830. The van der Waals surface area contributed by atoms with Crippen LogP contribution in [0, 0.1) is 19.3 Å². The Morgan fingerprint density at radius 3 is 2.67 bits per heavy atom. The number of phenols is 1. The molecular formula is C15H23NOS. The van der Waals surface area contributed by atoms with Gasteiger partial charge in [0.05, 0.1) is 0 Å². The van der Waals surface area contributed by atoms with Crippen LogP contribution in [0.4, 0.5) is 5.69 Å². The van der Waals surface area contributed by atoms with E-state index in [1.807, 2.05) is 31.7 Å². The third-order valence-electron chi connectivity index (χ3n) is 3.99. The second-order valence-electron chi connectivity index (χ2n) is 5.96. The molecule has 1 aliphatic rings. The molecule has 0 saturated carbocycles. The van der Waals surface area contributed by atoms with E-state index in [1.165, 1.54) is 12.2 Å². The second kappa shape index (κ2) is 5.04. The molecule has 2 N–H and O–H groups in total. The van der Waals surface area contributed by atoms with Crippen LogP contribution in [-0.4, -0.2) is 22.7 Å². The highest BCUT2D eigenvalue weighted by Crippen LogP contribution is 2.37. The average Bonchev–Trinajstić information content (AvgIpc) is 2.28. The average molecular weight is 265 g/mol. The second-order valence-corrected chi connectivity index (χ2v) is 7.11. The topological polar surface area (TPSA) is 32.3 Å². The number of phenolic OH excluding ortho intramolecular Hbond substituents is 1. The first-order chi connectivity index (χ1) is 8.40. The maximum atomic E-state index is 9.70. The summed E-state index contributed by atoms with van der Waals surface area (Å²) in [4.78, 5) is 0. The van der Waals surface area contributed by atoms with Gasteiger partial charge in [-0.15, -0.1) is 0 Å². The van der Waals surface area contributed by atoms with Gasteiger partial charge in [-0.25, -0.2) is 0 Å². The van der Waals surface area contributed by atoms with E-state index in [-0.39, 0.29) is 0 Å². The Bertz CT molecular complexity index is 442. The minimum atomic E-state index is 0.337. The standard InChI is InChI=1S/C15H23NOS/c1-10-8-13(17)11(2)7-12(10)16-14-9-18-6-5-15(14,3)4/h7-8,14,16-17H,5-6,9H2,1-4H3. The van der Waals surface area contributed by atoms with Gasteiger partial charge in [0.1, 0.15) is 5.75 Å². The molecule has 1 aliphatic heterocycles. The maximum Gasteiger partial charge on any atom is 0.118 e. The molecule has 1 saturated heterocycles. The van der Waals surface area contributed by atoms with Gasteiger partial charge < -0.3 is 10.4 Å². The van der Waals surface area contributed by atoms with Crippen LogP contribution in [0.5, 0.6) is 5.75 Å². The number of aryl methyl sites for hydroxylation is 2. The van der Waals surface area contributed by atoms with E-state index in [0.717, 1.165) is 22.6 Å². The summed E-state index contributed by atoms with van der Waals surface area (Å²) in [5.74, 6) is 2.81. The molecule has 0 amide bonds. The zero-order chi connectivity index (χ0) is 13.3. The molecular weight excluding hydrogens is 242 g/mol. The molecule has 18 heavy (non-hydrogen) atoms. The van der Waals surface area contributed by atoms with Gasteiger partial charge in [0.15, 0.2) is 0 Å². The number of benzene rings is 1. The number of rotatable bonds is 2. The molecule has 0 radical (unpaired) electrons. The van der Waals surface area contributed by atoms with Gasteiger partial charge in [-0.05, 0) is 54.7 Å². The lowest BCUT2D eigenvalue weighted by atomic mass is 9.82. The molecule has 1 aromatic rings. The molecule has 0 aromatic heterocycles. The van der Waals surface area contributed by atoms with Crippen LogP contribution < -0.4 is 5.32 Å². The first-order valence-electron chi connectivity index (χ1n) is 6.54. The van der Waals surface area contributed by atoms with E-state index >= 15 is 0 Å². The number of anilines is 1. The van der Waals surface area contributed by atoms with Crippen LogP contribution in [-0.2, 0) is 0 Å². The van der Waals surface area contributed by atoms with Gasteiger partial charge in [-0.1, -0.05) is 13.8 Å². The molecule has 2 nitrogen and oxygen atoms in total. The summed E-state index contributed by atoms with van der Waals surface area (Å²) in [7, 11) is 0. The summed E-state index contributed by atoms with van der Waals surface area (Å²) < 4.78 is 0. The molecule has 0 aliphatic carbocycles. The fourth-order valence-electron chi connectivity index (χ4n) is 2.32. The van der Waals surface area contributed by atoms with Crippen molar-refractivity contribution in [1.82, 2.24) is 0 Å². The first-order valence-corrected chi connectivity index (χ1v) is 7.70. The molecule has 1 aromatic carbocycles. The molecule has 0 spiro atoms.